The van der Waals surface area contributed by atoms with Crippen LogP contribution in [0.2, 0.25) is 5.02 Å². The van der Waals surface area contributed by atoms with E-state index < -0.39 is 0 Å². The first-order chi connectivity index (χ1) is 7.72. The number of fused-ring (bicyclic) bond motifs is 1. The predicted octanol–water partition coefficient (Wildman–Crippen LogP) is 4.17. The molecule has 0 saturated heterocycles. The first-order valence-corrected chi connectivity index (χ1v) is 6.22. The molecule has 1 N–H and O–H groups in total. The Labute approximate surface area is 108 Å². The van der Waals surface area contributed by atoms with Gasteiger partial charge in [0.25, 0.3) is 0 Å². The van der Waals surface area contributed by atoms with Crippen molar-refractivity contribution in [3.05, 3.63) is 39.6 Å². The van der Waals surface area contributed by atoms with Crippen LogP contribution in [0, 0.1) is 0 Å². The SMILES string of the molecule is CC.OCc1cc2c(Br)cncc2cc1Cl. The van der Waals surface area contributed by atoms with Crippen molar-refractivity contribution >= 4 is 38.3 Å². The van der Waals surface area contributed by atoms with Crippen molar-refractivity contribution in [1.82, 2.24) is 4.98 Å². The quantitative estimate of drug-likeness (QED) is 0.857. The molecule has 1 heterocycles. The van der Waals surface area contributed by atoms with Gasteiger partial charge in [0.1, 0.15) is 0 Å². The van der Waals surface area contributed by atoms with Crippen LogP contribution in [0.1, 0.15) is 19.4 Å². The minimum absolute atomic E-state index is 0.0520. The molecule has 2 nitrogen and oxygen atoms in total. The van der Waals surface area contributed by atoms with E-state index >= 15 is 0 Å². The summed E-state index contributed by atoms with van der Waals surface area (Å²) in [4.78, 5) is 4.04. The Balaban J connectivity index is 0.000000606. The second-order valence-corrected chi connectivity index (χ2v) is 4.21. The van der Waals surface area contributed by atoms with Gasteiger partial charge in [0.2, 0.25) is 0 Å². The Morgan fingerprint density at radius 3 is 2.62 bits per heavy atom. The lowest BCUT2D eigenvalue weighted by atomic mass is 10.1. The highest BCUT2D eigenvalue weighted by atomic mass is 79.9. The maximum Gasteiger partial charge on any atom is 0.0696 e. The Bertz CT molecular complexity index is 488. The number of hydrogen-bond acceptors (Lipinski definition) is 2. The third-order valence-corrected chi connectivity index (χ3v) is 3.03. The van der Waals surface area contributed by atoms with Crippen LogP contribution < -0.4 is 0 Å². The van der Waals surface area contributed by atoms with Crippen molar-refractivity contribution in [2.45, 2.75) is 20.5 Å². The highest BCUT2D eigenvalue weighted by Crippen LogP contribution is 2.28. The molecule has 0 aliphatic carbocycles. The van der Waals surface area contributed by atoms with Gasteiger partial charge < -0.3 is 5.11 Å². The maximum absolute atomic E-state index is 9.05. The van der Waals surface area contributed by atoms with Crippen molar-refractivity contribution in [1.29, 1.82) is 0 Å². The smallest absolute Gasteiger partial charge is 0.0696 e. The lowest BCUT2D eigenvalue weighted by Crippen LogP contribution is -1.87. The highest BCUT2D eigenvalue weighted by molar-refractivity contribution is 9.10. The monoisotopic (exact) mass is 301 g/mol. The van der Waals surface area contributed by atoms with Gasteiger partial charge in [-0.1, -0.05) is 25.4 Å². The van der Waals surface area contributed by atoms with Gasteiger partial charge in [-0.15, -0.1) is 0 Å². The summed E-state index contributed by atoms with van der Waals surface area (Å²) < 4.78 is 0.904. The number of pyridine rings is 1. The number of nitrogens with zero attached hydrogens (tertiary/aromatic N) is 1. The van der Waals surface area contributed by atoms with E-state index in [1.165, 1.54) is 0 Å². The van der Waals surface area contributed by atoms with E-state index in [1.807, 2.05) is 19.9 Å². The van der Waals surface area contributed by atoms with E-state index in [2.05, 4.69) is 20.9 Å². The summed E-state index contributed by atoms with van der Waals surface area (Å²) in [7, 11) is 0. The lowest BCUT2D eigenvalue weighted by Gasteiger charge is -2.04. The molecular weight excluding hydrogens is 289 g/mol. The molecule has 2 aromatic rings. The molecule has 0 amide bonds. The molecule has 0 saturated carbocycles. The largest absolute Gasteiger partial charge is 0.392 e. The van der Waals surface area contributed by atoms with Crippen LogP contribution in [-0.2, 0) is 6.61 Å². The number of halogens is 2. The number of hydrogen-bond donors (Lipinski definition) is 1. The fourth-order valence-corrected chi connectivity index (χ4v) is 2.01. The Morgan fingerprint density at radius 2 is 2.00 bits per heavy atom. The summed E-state index contributed by atoms with van der Waals surface area (Å²) in [6, 6.07) is 3.67. The van der Waals surface area contributed by atoms with E-state index in [1.54, 1.807) is 18.5 Å². The van der Waals surface area contributed by atoms with Gasteiger partial charge in [-0.05, 0) is 39.0 Å². The molecule has 16 heavy (non-hydrogen) atoms. The average Bonchev–Trinajstić information content (AvgIpc) is 2.31. The summed E-state index contributed by atoms with van der Waals surface area (Å²) in [6.07, 6.45) is 3.46. The molecular formula is C12H13BrClNO. The minimum Gasteiger partial charge on any atom is -0.392 e. The predicted molar refractivity (Wildman–Crippen MR) is 71.7 cm³/mol. The molecule has 0 unspecified atom stereocenters. The van der Waals surface area contributed by atoms with Gasteiger partial charge in [-0.3, -0.25) is 4.98 Å². The third kappa shape index (κ3) is 2.73. The number of aliphatic hydroxyl groups is 1. The number of aliphatic hydroxyl groups excluding tert-OH is 1. The van der Waals surface area contributed by atoms with Crippen molar-refractivity contribution in [2.24, 2.45) is 0 Å². The zero-order chi connectivity index (χ0) is 12.1. The molecule has 4 heteroatoms. The van der Waals surface area contributed by atoms with E-state index in [-0.39, 0.29) is 6.61 Å². The van der Waals surface area contributed by atoms with Gasteiger partial charge in [0.05, 0.1) is 6.61 Å². The Hall–Kier alpha value is -0.640. The van der Waals surface area contributed by atoms with Crippen LogP contribution in [0.3, 0.4) is 0 Å². The molecule has 0 atom stereocenters. The molecule has 2 rings (SSSR count). The maximum atomic E-state index is 9.05. The molecule has 86 valence electrons. The summed E-state index contributed by atoms with van der Waals surface area (Å²) in [5, 5.41) is 11.6. The van der Waals surface area contributed by atoms with Gasteiger partial charge in [-0.25, -0.2) is 0 Å². The summed E-state index contributed by atoms with van der Waals surface area (Å²) in [5.41, 5.74) is 0.728. The van der Waals surface area contributed by atoms with Crippen LogP contribution >= 0.6 is 27.5 Å². The average molecular weight is 303 g/mol. The Kier molecular flexibility index (Phi) is 5.19. The third-order valence-electron chi connectivity index (χ3n) is 2.05. The number of rotatable bonds is 1. The van der Waals surface area contributed by atoms with Gasteiger partial charge in [0, 0.05) is 27.3 Å². The summed E-state index contributed by atoms with van der Waals surface area (Å²) in [5.74, 6) is 0. The molecule has 0 bridgehead atoms. The van der Waals surface area contributed by atoms with E-state index in [9.17, 15) is 0 Å². The zero-order valence-electron chi connectivity index (χ0n) is 9.17. The molecule has 0 aliphatic heterocycles. The highest BCUT2D eigenvalue weighted by Gasteiger charge is 2.04. The molecule has 1 aromatic heterocycles. The fourth-order valence-electron chi connectivity index (χ4n) is 1.32. The summed E-state index contributed by atoms with van der Waals surface area (Å²) >= 11 is 9.35. The molecule has 0 aliphatic rings. The zero-order valence-corrected chi connectivity index (χ0v) is 11.5. The van der Waals surface area contributed by atoms with Gasteiger partial charge in [0.15, 0.2) is 0 Å². The van der Waals surface area contributed by atoms with Crippen LogP contribution in [0.25, 0.3) is 10.8 Å². The first-order valence-electron chi connectivity index (χ1n) is 5.05. The van der Waals surface area contributed by atoms with Crippen molar-refractivity contribution in [2.75, 3.05) is 0 Å². The van der Waals surface area contributed by atoms with Crippen molar-refractivity contribution in [3.8, 4) is 0 Å². The van der Waals surface area contributed by atoms with Crippen molar-refractivity contribution in [3.63, 3.8) is 0 Å². The second kappa shape index (κ2) is 6.18. The normalized spacial score (nSPS) is 9.81. The second-order valence-electron chi connectivity index (χ2n) is 2.94. The van der Waals surface area contributed by atoms with E-state index in [0.717, 1.165) is 20.8 Å². The topological polar surface area (TPSA) is 33.1 Å². The lowest BCUT2D eigenvalue weighted by molar-refractivity contribution is 0.282. The first kappa shape index (κ1) is 13.4. The van der Waals surface area contributed by atoms with Gasteiger partial charge >= 0.3 is 0 Å². The fraction of sp³-hybridized carbons (Fsp3) is 0.250. The molecule has 0 fully saturated rings. The standard InChI is InChI=1S/C10H7BrClNO.C2H6/c11-9-4-13-3-6-2-10(12)7(5-14)1-8(6)9;1-2/h1-4,14H,5H2;1-2H3. The van der Waals surface area contributed by atoms with E-state index in [0.29, 0.717) is 5.02 Å². The molecule has 1 aromatic carbocycles. The van der Waals surface area contributed by atoms with E-state index in [4.69, 9.17) is 16.7 Å². The summed E-state index contributed by atoms with van der Waals surface area (Å²) in [6.45, 7) is 3.95. The van der Waals surface area contributed by atoms with Crippen LogP contribution in [0.15, 0.2) is 29.0 Å². The van der Waals surface area contributed by atoms with Crippen LogP contribution in [0.4, 0.5) is 0 Å². The molecule has 0 spiro atoms. The van der Waals surface area contributed by atoms with Gasteiger partial charge in [-0.2, -0.15) is 0 Å². The van der Waals surface area contributed by atoms with Crippen LogP contribution in [-0.4, -0.2) is 10.1 Å². The number of aromatic nitrogens is 1. The number of benzene rings is 1. The van der Waals surface area contributed by atoms with Crippen LogP contribution in [0.5, 0.6) is 0 Å². The molecule has 0 radical (unpaired) electrons. The van der Waals surface area contributed by atoms with Crippen molar-refractivity contribution < 1.29 is 5.11 Å². The Morgan fingerprint density at radius 1 is 1.31 bits per heavy atom. The minimum atomic E-state index is -0.0520.